The molecule has 2 N–H and O–H groups in total. The molecule has 3 amide bonds. The molecule has 1 fully saturated rings. The molecule has 0 bridgehead atoms. The van der Waals surface area contributed by atoms with E-state index >= 15 is 0 Å². The lowest BCUT2D eigenvalue weighted by molar-refractivity contribution is -0.133. The summed E-state index contributed by atoms with van der Waals surface area (Å²) < 4.78 is 5.27. The van der Waals surface area contributed by atoms with Crippen LogP contribution in [-0.4, -0.2) is 49.4 Å². The van der Waals surface area contributed by atoms with Crippen molar-refractivity contribution in [3.05, 3.63) is 63.6 Å². The largest absolute Gasteiger partial charge is 0.497 e. The number of hydrogen-bond donors (Lipinski definition) is 2. The van der Waals surface area contributed by atoms with Crippen molar-refractivity contribution in [3.8, 4) is 5.75 Å². The summed E-state index contributed by atoms with van der Waals surface area (Å²) in [5, 5.41) is 5.65. The van der Waals surface area contributed by atoms with Crippen molar-refractivity contribution in [1.82, 2.24) is 15.5 Å². The molecule has 3 rings (SSSR count). The van der Waals surface area contributed by atoms with Gasteiger partial charge in [-0.05, 0) is 48.7 Å². The van der Waals surface area contributed by atoms with E-state index in [-0.39, 0.29) is 35.6 Å². The van der Waals surface area contributed by atoms with Crippen LogP contribution in [0, 0.1) is 0 Å². The highest BCUT2D eigenvalue weighted by molar-refractivity contribution is 6.36. The summed E-state index contributed by atoms with van der Waals surface area (Å²) in [4.78, 5) is 38.7. The molecule has 0 saturated carbocycles. The Kier molecular flexibility index (Phi) is 7.76. The van der Waals surface area contributed by atoms with E-state index in [4.69, 9.17) is 27.9 Å². The lowest BCUT2D eigenvalue weighted by atomic mass is 10.0. The number of halogens is 2. The van der Waals surface area contributed by atoms with Gasteiger partial charge in [-0.1, -0.05) is 35.3 Å². The molecule has 31 heavy (non-hydrogen) atoms. The average Bonchev–Trinajstić information content (AvgIpc) is 3.26. The standard InChI is InChI=1S/C22H23Cl2N3O4/c1-31-16-5-2-4-14(10-16)19-6-3-9-27(19)21(29)13-25-20(28)12-26-22(30)17-8-7-15(23)11-18(17)24/h2,4-5,7-8,10-11,19H,3,6,9,12-13H2,1H3,(H,25,28)(H,26,30). The molecule has 164 valence electrons. The van der Waals surface area contributed by atoms with Crippen molar-refractivity contribution >= 4 is 40.9 Å². The quantitative estimate of drug-likeness (QED) is 0.659. The van der Waals surface area contributed by atoms with Crippen LogP contribution in [0.4, 0.5) is 0 Å². The summed E-state index contributed by atoms with van der Waals surface area (Å²) in [7, 11) is 1.60. The maximum Gasteiger partial charge on any atom is 0.253 e. The zero-order chi connectivity index (χ0) is 22.4. The molecular weight excluding hydrogens is 441 g/mol. The Morgan fingerprint density at radius 2 is 1.90 bits per heavy atom. The molecule has 1 aliphatic rings. The Labute approximate surface area is 190 Å². The topological polar surface area (TPSA) is 87.7 Å². The van der Waals surface area contributed by atoms with Crippen molar-refractivity contribution in [2.75, 3.05) is 26.7 Å². The third-order valence-corrected chi connectivity index (χ3v) is 5.62. The summed E-state index contributed by atoms with van der Waals surface area (Å²) in [5.41, 5.74) is 1.22. The van der Waals surface area contributed by atoms with E-state index < -0.39 is 11.8 Å². The predicted molar refractivity (Wildman–Crippen MR) is 118 cm³/mol. The number of methoxy groups -OCH3 is 1. The number of benzene rings is 2. The molecule has 1 saturated heterocycles. The van der Waals surface area contributed by atoms with Crippen LogP contribution in [0.5, 0.6) is 5.75 Å². The molecular formula is C22H23Cl2N3O4. The van der Waals surface area contributed by atoms with Gasteiger partial charge in [-0.2, -0.15) is 0 Å². The number of rotatable bonds is 7. The van der Waals surface area contributed by atoms with Crippen molar-refractivity contribution in [3.63, 3.8) is 0 Å². The van der Waals surface area contributed by atoms with Gasteiger partial charge in [-0.25, -0.2) is 0 Å². The minimum absolute atomic E-state index is 0.0498. The van der Waals surface area contributed by atoms with Crippen molar-refractivity contribution < 1.29 is 19.1 Å². The third kappa shape index (κ3) is 5.89. The van der Waals surface area contributed by atoms with Crippen LogP contribution in [-0.2, 0) is 9.59 Å². The molecule has 2 aromatic rings. The average molecular weight is 464 g/mol. The number of carbonyl (C=O) groups excluding carboxylic acids is 3. The Hall–Kier alpha value is -2.77. The molecule has 1 heterocycles. The van der Waals surface area contributed by atoms with Gasteiger partial charge in [0, 0.05) is 11.6 Å². The normalized spacial score (nSPS) is 15.5. The van der Waals surface area contributed by atoms with Gasteiger partial charge in [0.05, 0.1) is 36.8 Å². The van der Waals surface area contributed by atoms with Gasteiger partial charge in [-0.15, -0.1) is 0 Å². The number of hydrogen-bond acceptors (Lipinski definition) is 4. The highest BCUT2D eigenvalue weighted by Crippen LogP contribution is 2.33. The van der Waals surface area contributed by atoms with Crippen LogP contribution in [0.25, 0.3) is 0 Å². The number of likely N-dealkylation sites (tertiary alicyclic amines) is 1. The zero-order valence-electron chi connectivity index (χ0n) is 17.0. The number of nitrogens with one attached hydrogen (secondary N) is 2. The number of amides is 3. The molecule has 1 unspecified atom stereocenters. The number of ether oxygens (including phenoxy) is 1. The van der Waals surface area contributed by atoms with Crippen molar-refractivity contribution in [2.45, 2.75) is 18.9 Å². The van der Waals surface area contributed by atoms with E-state index in [0.29, 0.717) is 11.6 Å². The molecule has 9 heteroatoms. The maximum absolute atomic E-state index is 12.7. The Bertz CT molecular complexity index is 983. The van der Waals surface area contributed by atoms with Crippen LogP contribution >= 0.6 is 23.2 Å². The fourth-order valence-electron chi connectivity index (χ4n) is 3.53. The van der Waals surface area contributed by atoms with Gasteiger partial charge in [0.15, 0.2) is 0 Å². The Balaban J connectivity index is 1.50. The monoisotopic (exact) mass is 463 g/mol. The molecule has 1 aliphatic heterocycles. The minimum atomic E-state index is -0.499. The van der Waals surface area contributed by atoms with E-state index in [1.54, 1.807) is 12.0 Å². The Morgan fingerprint density at radius 1 is 1.10 bits per heavy atom. The van der Waals surface area contributed by atoms with Gasteiger partial charge in [-0.3, -0.25) is 14.4 Å². The fourth-order valence-corrected chi connectivity index (χ4v) is 4.02. The molecule has 2 aromatic carbocycles. The first-order valence-electron chi connectivity index (χ1n) is 9.82. The summed E-state index contributed by atoms with van der Waals surface area (Å²) in [6.07, 6.45) is 1.74. The Morgan fingerprint density at radius 3 is 2.65 bits per heavy atom. The van der Waals surface area contributed by atoms with Crippen LogP contribution < -0.4 is 15.4 Å². The molecule has 0 aliphatic carbocycles. The van der Waals surface area contributed by atoms with E-state index in [2.05, 4.69) is 10.6 Å². The molecule has 0 spiro atoms. The van der Waals surface area contributed by atoms with E-state index in [1.165, 1.54) is 18.2 Å². The zero-order valence-corrected chi connectivity index (χ0v) is 18.5. The second-order valence-electron chi connectivity index (χ2n) is 7.11. The minimum Gasteiger partial charge on any atom is -0.497 e. The first-order chi connectivity index (χ1) is 14.9. The SMILES string of the molecule is COc1cccc(C2CCCN2C(=O)CNC(=O)CNC(=O)c2ccc(Cl)cc2Cl)c1. The fraction of sp³-hybridized carbons (Fsp3) is 0.318. The lowest BCUT2D eigenvalue weighted by Crippen LogP contribution is -2.43. The van der Waals surface area contributed by atoms with Gasteiger partial charge < -0.3 is 20.3 Å². The van der Waals surface area contributed by atoms with Gasteiger partial charge in [0.25, 0.3) is 5.91 Å². The molecule has 0 aromatic heterocycles. The van der Waals surface area contributed by atoms with E-state index in [0.717, 1.165) is 24.2 Å². The van der Waals surface area contributed by atoms with Crippen LogP contribution in [0.1, 0.15) is 34.8 Å². The first kappa shape index (κ1) is 22.9. The second-order valence-corrected chi connectivity index (χ2v) is 7.95. The summed E-state index contributed by atoms with van der Waals surface area (Å²) in [6, 6.07) is 12.1. The summed E-state index contributed by atoms with van der Waals surface area (Å²) in [5.74, 6) is -0.405. The number of carbonyl (C=O) groups is 3. The van der Waals surface area contributed by atoms with E-state index in [9.17, 15) is 14.4 Å². The number of nitrogens with zero attached hydrogens (tertiary/aromatic N) is 1. The van der Waals surface area contributed by atoms with E-state index in [1.807, 2.05) is 24.3 Å². The first-order valence-corrected chi connectivity index (χ1v) is 10.6. The predicted octanol–water partition coefficient (Wildman–Crippen LogP) is 3.21. The third-order valence-electron chi connectivity index (χ3n) is 5.07. The van der Waals surface area contributed by atoms with Gasteiger partial charge in [0.1, 0.15) is 5.75 Å². The summed E-state index contributed by atoms with van der Waals surface area (Å²) in [6.45, 7) is 0.212. The van der Waals surface area contributed by atoms with Crippen LogP contribution in [0.2, 0.25) is 10.0 Å². The van der Waals surface area contributed by atoms with Crippen LogP contribution in [0.3, 0.4) is 0 Å². The second kappa shape index (κ2) is 10.5. The highest BCUT2D eigenvalue weighted by Gasteiger charge is 2.30. The maximum atomic E-state index is 12.7. The summed E-state index contributed by atoms with van der Waals surface area (Å²) >= 11 is 11.8. The van der Waals surface area contributed by atoms with Crippen molar-refractivity contribution in [2.24, 2.45) is 0 Å². The van der Waals surface area contributed by atoms with Gasteiger partial charge >= 0.3 is 0 Å². The molecule has 7 nitrogen and oxygen atoms in total. The molecule has 0 radical (unpaired) electrons. The van der Waals surface area contributed by atoms with Crippen molar-refractivity contribution in [1.29, 1.82) is 0 Å². The smallest absolute Gasteiger partial charge is 0.253 e. The van der Waals surface area contributed by atoms with Crippen LogP contribution in [0.15, 0.2) is 42.5 Å². The highest BCUT2D eigenvalue weighted by atomic mass is 35.5. The molecule has 1 atom stereocenters. The van der Waals surface area contributed by atoms with Gasteiger partial charge in [0.2, 0.25) is 11.8 Å². The lowest BCUT2D eigenvalue weighted by Gasteiger charge is -2.25.